The Balaban J connectivity index is 1.82. The Labute approximate surface area is 143 Å². The van der Waals surface area contributed by atoms with Crippen molar-refractivity contribution in [3.8, 4) is 0 Å². The monoisotopic (exact) mass is 358 g/mol. The number of piperidine rings is 1. The van der Waals surface area contributed by atoms with Crippen LogP contribution >= 0.6 is 11.6 Å². The van der Waals surface area contributed by atoms with Crippen LogP contribution in [0.3, 0.4) is 0 Å². The molecule has 0 spiro atoms. The molecular formula is C16H23ClN2O3S. The summed E-state index contributed by atoms with van der Waals surface area (Å²) in [7, 11) is -3.21. The lowest BCUT2D eigenvalue weighted by Gasteiger charge is -2.30. The number of carbonyl (C=O) groups is 1. The Morgan fingerprint density at radius 3 is 2.70 bits per heavy atom. The molecule has 128 valence electrons. The Hall–Kier alpha value is -1.11. The van der Waals surface area contributed by atoms with Crippen molar-refractivity contribution >= 4 is 27.5 Å². The lowest BCUT2D eigenvalue weighted by molar-refractivity contribution is -0.126. The van der Waals surface area contributed by atoms with Crippen molar-refractivity contribution in [1.82, 2.24) is 9.62 Å². The van der Waals surface area contributed by atoms with Crippen molar-refractivity contribution in [2.24, 2.45) is 5.92 Å². The maximum Gasteiger partial charge on any atom is 0.224 e. The fourth-order valence-electron chi connectivity index (χ4n) is 2.72. The van der Waals surface area contributed by atoms with Crippen molar-refractivity contribution in [1.29, 1.82) is 0 Å². The molecule has 1 aromatic carbocycles. The van der Waals surface area contributed by atoms with E-state index in [9.17, 15) is 13.2 Å². The Kier molecular flexibility index (Phi) is 6.44. The minimum absolute atomic E-state index is 0.0602. The van der Waals surface area contributed by atoms with Gasteiger partial charge in [-0.05, 0) is 43.9 Å². The van der Waals surface area contributed by atoms with E-state index in [0.717, 1.165) is 24.8 Å². The van der Waals surface area contributed by atoms with Crippen molar-refractivity contribution in [2.75, 3.05) is 25.4 Å². The molecule has 1 fully saturated rings. The number of hydrogen-bond donors (Lipinski definition) is 1. The molecule has 0 aliphatic carbocycles. The first-order valence-electron chi connectivity index (χ1n) is 7.92. The van der Waals surface area contributed by atoms with Gasteiger partial charge in [0.2, 0.25) is 15.9 Å². The highest BCUT2D eigenvalue weighted by atomic mass is 35.5. The third-order valence-electron chi connectivity index (χ3n) is 4.14. The van der Waals surface area contributed by atoms with Crippen LogP contribution < -0.4 is 5.32 Å². The van der Waals surface area contributed by atoms with Gasteiger partial charge in [0.25, 0.3) is 0 Å². The van der Waals surface area contributed by atoms with Crippen LogP contribution in [-0.4, -0.2) is 44.0 Å². The van der Waals surface area contributed by atoms with Crippen molar-refractivity contribution in [3.05, 3.63) is 34.9 Å². The molecule has 1 saturated heterocycles. The van der Waals surface area contributed by atoms with Crippen LogP contribution in [0.15, 0.2) is 24.3 Å². The zero-order valence-electron chi connectivity index (χ0n) is 13.3. The first kappa shape index (κ1) is 18.2. The van der Waals surface area contributed by atoms with Gasteiger partial charge in [-0.2, -0.15) is 0 Å². The van der Waals surface area contributed by atoms with Crippen LogP contribution in [0.2, 0.25) is 5.02 Å². The molecule has 1 unspecified atom stereocenters. The number of nitrogens with zero attached hydrogens (tertiary/aromatic N) is 1. The lowest BCUT2D eigenvalue weighted by atomic mass is 9.99. The number of carbonyl (C=O) groups excluding carboxylic acids is 1. The fourth-order valence-corrected chi connectivity index (χ4v) is 4.02. The predicted octanol–water partition coefficient (Wildman–Crippen LogP) is 2.06. The number of amides is 1. The van der Waals surface area contributed by atoms with Crippen LogP contribution in [0.1, 0.15) is 25.3 Å². The lowest BCUT2D eigenvalue weighted by Crippen LogP contribution is -2.46. The van der Waals surface area contributed by atoms with Crippen LogP contribution in [0, 0.1) is 5.92 Å². The second-order valence-corrected chi connectivity index (χ2v) is 8.46. The first-order valence-corrected chi connectivity index (χ1v) is 9.91. The van der Waals surface area contributed by atoms with Gasteiger partial charge in [-0.3, -0.25) is 4.79 Å². The molecule has 2 rings (SSSR count). The summed E-state index contributed by atoms with van der Waals surface area (Å²) in [5.74, 6) is -0.233. The van der Waals surface area contributed by atoms with E-state index < -0.39 is 10.0 Å². The minimum Gasteiger partial charge on any atom is -0.355 e. The number of rotatable bonds is 6. The largest absolute Gasteiger partial charge is 0.355 e. The van der Waals surface area contributed by atoms with E-state index in [1.807, 2.05) is 24.3 Å². The molecule has 1 aromatic rings. The number of sulfonamides is 1. The second-order valence-electron chi connectivity index (χ2n) is 5.77. The summed E-state index contributed by atoms with van der Waals surface area (Å²) in [4.78, 5) is 12.2. The van der Waals surface area contributed by atoms with Crippen molar-refractivity contribution < 1.29 is 13.2 Å². The highest BCUT2D eigenvalue weighted by molar-refractivity contribution is 7.89. The molecule has 0 aromatic heterocycles. The standard InChI is InChI=1S/C16H23ClN2O3S/c1-2-23(21,22)19-11-3-4-14(12-19)16(20)18-10-9-13-5-7-15(17)8-6-13/h5-8,14H,2-4,9-12H2,1H3,(H,18,20). The summed E-state index contributed by atoms with van der Waals surface area (Å²) in [6, 6.07) is 7.52. The molecule has 1 N–H and O–H groups in total. The molecule has 0 saturated carbocycles. The summed E-state index contributed by atoms with van der Waals surface area (Å²) < 4.78 is 25.3. The molecular weight excluding hydrogens is 336 g/mol. The van der Waals surface area contributed by atoms with Crippen LogP contribution in [0.25, 0.3) is 0 Å². The second kappa shape index (κ2) is 8.13. The van der Waals surface area contributed by atoms with E-state index in [4.69, 9.17) is 11.6 Å². The Morgan fingerprint density at radius 2 is 2.04 bits per heavy atom. The first-order chi connectivity index (χ1) is 10.9. The van der Waals surface area contributed by atoms with Gasteiger partial charge in [-0.1, -0.05) is 23.7 Å². The highest BCUT2D eigenvalue weighted by Crippen LogP contribution is 2.19. The van der Waals surface area contributed by atoms with Crippen molar-refractivity contribution in [2.45, 2.75) is 26.2 Å². The summed E-state index contributed by atoms with van der Waals surface area (Å²) in [6.07, 6.45) is 2.20. The van der Waals surface area contributed by atoms with E-state index >= 15 is 0 Å². The Bertz CT molecular complexity index is 631. The van der Waals surface area contributed by atoms with Gasteiger partial charge >= 0.3 is 0 Å². The average Bonchev–Trinajstić information content (AvgIpc) is 2.56. The summed E-state index contributed by atoms with van der Waals surface area (Å²) >= 11 is 5.84. The number of hydrogen-bond acceptors (Lipinski definition) is 3. The van der Waals surface area contributed by atoms with Gasteiger partial charge < -0.3 is 5.32 Å². The number of benzene rings is 1. The normalized spacial score (nSPS) is 19.5. The molecule has 1 aliphatic rings. The summed E-state index contributed by atoms with van der Waals surface area (Å²) in [5, 5.41) is 3.60. The van der Waals surface area contributed by atoms with E-state index in [2.05, 4.69) is 5.32 Å². The highest BCUT2D eigenvalue weighted by Gasteiger charge is 2.31. The maximum absolute atomic E-state index is 12.2. The molecule has 1 heterocycles. The van der Waals surface area contributed by atoms with E-state index in [1.165, 1.54) is 4.31 Å². The fraction of sp³-hybridized carbons (Fsp3) is 0.562. The zero-order chi connectivity index (χ0) is 16.9. The topological polar surface area (TPSA) is 66.5 Å². The third kappa shape index (κ3) is 5.19. The number of nitrogens with one attached hydrogen (secondary N) is 1. The Morgan fingerprint density at radius 1 is 1.35 bits per heavy atom. The van der Waals surface area contributed by atoms with Gasteiger partial charge in [0.05, 0.1) is 11.7 Å². The van der Waals surface area contributed by atoms with Gasteiger partial charge in [0, 0.05) is 24.7 Å². The quantitative estimate of drug-likeness (QED) is 0.846. The van der Waals surface area contributed by atoms with E-state index in [0.29, 0.717) is 24.7 Å². The molecule has 0 radical (unpaired) electrons. The third-order valence-corrected chi connectivity index (χ3v) is 6.24. The average molecular weight is 359 g/mol. The van der Waals surface area contributed by atoms with Gasteiger partial charge in [0.1, 0.15) is 0 Å². The molecule has 0 bridgehead atoms. The summed E-state index contributed by atoms with van der Waals surface area (Å²) in [5.41, 5.74) is 1.11. The van der Waals surface area contributed by atoms with Gasteiger partial charge in [-0.25, -0.2) is 12.7 Å². The molecule has 1 atom stereocenters. The van der Waals surface area contributed by atoms with E-state index in [-0.39, 0.29) is 17.6 Å². The van der Waals surface area contributed by atoms with Crippen LogP contribution in [0.4, 0.5) is 0 Å². The molecule has 23 heavy (non-hydrogen) atoms. The predicted molar refractivity (Wildman–Crippen MR) is 91.9 cm³/mol. The minimum atomic E-state index is -3.21. The number of halogens is 1. The zero-order valence-corrected chi connectivity index (χ0v) is 14.9. The SMILES string of the molecule is CCS(=O)(=O)N1CCCC(C(=O)NCCc2ccc(Cl)cc2)C1. The van der Waals surface area contributed by atoms with Crippen molar-refractivity contribution in [3.63, 3.8) is 0 Å². The van der Waals surface area contributed by atoms with E-state index in [1.54, 1.807) is 6.92 Å². The van der Waals surface area contributed by atoms with Crippen LogP contribution in [0.5, 0.6) is 0 Å². The van der Waals surface area contributed by atoms with Gasteiger partial charge in [0.15, 0.2) is 0 Å². The van der Waals surface area contributed by atoms with Crippen LogP contribution in [-0.2, 0) is 21.2 Å². The maximum atomic E-state index is 12.2. The molecule has 7 heteroatoms. The molecule has 1 aliphatic heterocycles. The summed E-state index contributed by atoms with van der Waals surface area (Å²) in [6.45, 7) is 2.98. The molecule has 5 nitrogen and oxygen atoms in total. The smallest absolute Gasteiger partial charge is 0.224 e. The van der Waals surface area contributed by atoms with Gasteiger partial charge in [-0.15, -0.1) is 0 Å². The molecule has 1 amide bonds.